The van der Waals surface area contributed by atoms with E-state index >= 15 is 0 Å². The molecule has 2 aromatic carbocycles. The van der Waals surface area contributed by atoms with Crippen molar-refractivity contribution in [2.45, 2.75) is 38.8 Å². The number of aryl methyl sites for hydroxylation is 1. The molecule has 0 saturated carbocycles. The number of hydrogen-bond donors (Lipinski definition) is 1. The minimum Gasteiger partial charge on any atom is -0.352 e. The normalized spacial score (nSPS) is 11.9. The molecule has 6 nitrogen and oxygen atoms in total. The van der Waals surface area contributed by atoms with Crippen LogP contribution < -0.4 is 10.9 Å². The van der Waals surface area contributed by atoms with Crippen LogP contribution in [0.1, 0.15) is 30.2 Å². The van der Waals surface area contributed by atoms with Crippen LogP contribution in [-0.2, 0) is 24.2 Å². The van der Waals surface area contributed by atoms with Crippen molar-refractivity contribution < 1.29 is 4.79 Å². The lowest BCUT2D eigenvalue weighted by Gasteiger charge is -2.15. The number of nitrogens with one attached hydrogen (secondary N) is 1. The molecule has 0 aliphatic rings. The summed E-state index contributed by atoms with van der Waals surface area (Å²) in [5.41, 5.74) is 2.78. The van der Waals surface area contributed by atoms with Gasteiger partial charge in [0.25, 0.3) is 5.56 Å². The second kappa shape index (κ2) is 10.0. The standard InChI is InChI=1S/C26H26N4O2/c1-19(11-12-20-7-3-2-4-8-20)28-25(31)18-30-26(32)23-10-6-5-9-22(23)24(29-30)17-21-13-15-27-16-14-21/h2-10,13-16,19H,11-12,17-18H2,1H3,(H,28,31). The van der Waals surface area contributed by atoms with Crippen molar-refractivity contribution in [1.29, 1.82) is 0 Å². The molecule has 2 heterocycles. The van der Waals surface area contributed by atoms with E-state index in [4.69, 9.17) is 0 Å². The van der Waals surface area contributed by atoms with Crippen LogP contribution in [0.5, 0.6) is 0 Å². The van der Waals surface area contributed by atoms with Crippen molar-refractivity contribution in [1.82, 2.24) is 20.1 Å². The summed E-state index contributed by atoms with van der Waals surface area (Å²) in [6, 6.07) is 21.4. The summed E-state index contributed by atoms with van der Waals surface area (Å²) in [6.45, 7) is 1.87. The summed E-state index contributed by atoms with van der Waals surface area (Å²) in [5.74, 6) is -0.217. The summed E-state index contributed by atoms with van der Waals surface area (Å²) in [5, 5.41) is 8.93. The van der Waals surface area contributed by atoms with Crippen molar-refractivity contribution in [3.63, 3.8) is 0 Å². The summed E-state index contributed by atoms with van der Waals surface area (Å²) < 4.78 is 1.28. The van der Waals surface area contributed by atoms with E-state index in [9.17, 15) is 9.59 Å². The van der Waals surface area contributed by atoms with E-state index in [0.717, 1.165) is 29.5 Å². The highest BCUT2D eigenvalue weighted by Gasteiger charge is 2.14. The molecular formula is C26H26N4O2. The van der Waals surface area contributed by atoms with Crippen molar-refractivity contribution in [2.24, 2.45) is 0 Å². The topological polar surface area (TPSA) is 76.9 Å². The Kier molecular flexibility index (Phi) is 6.70. The quantitative estimate of drug-likeness (QED) is 0.468. The lowest BCUT2D eigenvalue weighted by atomic mass is 10.1. The second-order valence-corrected chi connectivity index (χ2v) is 7.98. The maximum absolute atomic E-state index is 13.0. The van der Waals surface area contributed by atoms with E-state index in [1.54, 1.807) is 18.5 Å². The Bertz CT molecular complexity index is 1250. The molecule has 4 aromatic rings. The van der Waals surface area contributed by atoms with E-state index in [1.807, 2.05) is 55.5 Å². The number of aromatic nitrogens is 3. The molecule has 1 amide bonds. The van der Waals surface area contributed by atoms with Gasteiger partial charge in [0.05, 0.1) is 11.1 Å². The van der Waals surface area contributed by atoms with Gasteiger partial charge in [-0.2, -0.15) is 5.10 Å². The van der Waals surface area contributed by atoms with Crippen LogP contribution in [0.25, 0.3) is 10.8 Å². The van der Waals surface area contributed by atoms with Gasteiger partial charge < -0.3 is 5.32 Å². The molecule has 1 N–H and O–H groups in total. The number of rotatable bonds is 8. The average molecular weight is 427 g/mol. The summed E-state index contributed by atoms with van der Waals surface area (Å²) in [7, 11) is 0. The lowest BCUT2D eigenvalue weighted by molar-refractivity contribution is -0.122. The summed E-state index contributed by atoms with van der Waals surface area (Å²) in [4.78, 5) is 29.7. The van der Waals surface area contributed by atoms with Gasteiger partial charge in [0.1, 0.15) is 6.54 Å². The molecule has 0 radical (unpaired) electrons. The van der Waals surface area contributed by atoms with Crippen LogP contribution in [0.4, 0.5) is 0 Å². The molecule has 0 saturated heterocycles. The van der Waals surface area contributed by atoms with Crippen LogP contribution in [0.15, 0.2) is 83.9 Å². The number of amides is 1. The van der Waals surface area contributed by atoms with Gasteiger partial charge in [-0.1, -0.05) is 48.5 Å². The van der Waals surface area contributed by atoms with Gasteiger partial charge in [0, 0.05) is 30.2 Å². The fraction of sp³-hybridized carbons (Fsp3) is 0.231. The first-order chi connectivity index (χ1) is 15.6. The third-order valence-corrected chi connectivity index (χ3v) is 5.47. The number of pyridine rings is 1. The Morgan fingerprint density at radius 3 is 2.38 bits per heavy atom. The zero-order valence-electron chi connectivity index (χ0n) is 18.1. The molecule has 0 bridgehead atoms. The van der Waals surface area contributed by atoms with Crippen LogP contribution >= 0.6 is 0 Å². The number of benzene rings is 2. The van der Waals surface area contributed by atoms with Crippen molar-refractivity contribution in [3.05, 3.63) is 106 Å². The van der Waals surface area contributed by atoms with E-state index in [-0.39, 0.29) is 24.1 Å². The molecule has 0 spiro atoms. The fourth-order valence-electron chi connectivity index (χ4n) is 3.79. The first-order valence-corrected chi connectivity index (χ1v) is 10.8. The Labute approximate surface area is 186 Å². The number of hydrogen-bond acceptors (Lipinski definition) is 4. The molecule has 6 heteroatoms. The molecule has 4 rings (SSSR count). The maximum Gasteiger partial charge on any atom is 0.275 e. The van der Waals surface area contributed by atoms with E-state index in [2.05, 4.69) is 27.5 Å². The number of nitrogens with zero attached hydrogens (tertiary/aromatic N) is 3. The van der Waals surface area contributed by atoms with Crippen molar-refractivity contribution in [2.75, 3.05) is 0 Å². The Morgan fingerprint density at radius 1 is 0.938 bits per heavy atom. The Balaban J connectivity index is 1.50. The van der Waals surface area contributed by atoms with Crippen molar-refractivity contribution in [3.8, 4) is 0 Å². The molecule has 0 aliphatic heterocycles. The molecule has 1 atom stereocenters. The van der Waals surface area contributed by atoms with Gasteiger partial charge in [0.2, 0.25) is 5.91 Å². The van der Waals surface area contributed by atoms with E-state index in [1.165, 1.54) is 10.2 Å². The Morgan fingerprint density at radius 2 is 1.62 bits per heavy atom. The minimum absolute atomic E-state index is 0.00449. The van der Waals surface area contributed by atoms with Crippen molar-refractivity contribution >= 4 is 16.7 Å². The van der Waals surface area contributed by atoms with Crippen LogP contribution in [0.2, 0.25) is 0 Å². The predicted octanol–water partition coefficient (Wildman–Crippen LogP) is 3.52. The molecule has 162 valence electrons. The zero-order valence-corrected chi connectivity index (χ0v) is 18.1. The molecule has 0 aliphatic carbocycles. The van der Waals surface area contributed by atoms with Gasteiger partial charge in [0.15, 0.2) is 0 Å². The van der Waals surface area contributed by atoms with Gasteiger partial charge in [-0.05, 0) is 49.1 Å². The van der Waals surface area contributed by atoms with Crippen LogP contribution in [-0.4, -0.2) is 26.7 Å². The average Bonchev–Trinajstić information content (AvgIpc) is 2.82. The van der Waals surface area contributed by atoms with Crippen LogP contribution in [0, 0.1) is 0 Å². The first kappa shape index (κ1) is 21.4. The highest BCUT2D eigenvalue weighted by atomic mass is 16.2. The van der Waals surface area contributed by atoms with E-state index < -0.39 is 0 Å². The van der Waals surface area contributed by atoms with Gasteiger partial charge in [-0.15, -0.1) is 0 Å². The fourth-order valence-corrected chi connectivity index (χ4v) is 3.79. The highest BCUT2D eigenvalue weighted by Crippen LogP contribution is 2.16. The van der Waals surface area contributed by atoms with E-state index in [0.29, 0.717) is 11.8 Å². The Hall–Kier alpha value is -3.80. The number of carbonyl (C=O) groups is 1. The summed E-state index contributed by atoms with van der Waals surface area (Å²) in [6.07, 6.45) is 5.73. The molecule has 1 unspecified atom stereocenters. The maximum atomic E-state index is 13.0. The summed E-state index contributed by atoms with van der Waals surface area (Å²) >= 11 is 0. The smallest absolute Gasteiger partial charge is 0.275 e. The third kappa shape index (κ3) is 5.27. The number of fused-ring (bicyclic) bond motifs is 1. The SMILES string of the molecule is CC(CCc1ccccc1)NC(=O)Cn1nc(Cc2ccncc2)c2ccccc2c1=O. The van der Waals surface area contributed by atoms with Crippen LogP contribution in [0.3, 0.4) is 0 Å². The predicted molar refractivity (Wildman–Crippen MR) is 125 cm³/mol. The first-order valence-electron chi connectivity index (χ1n) is 10.8. The second-order valence-electron chi connectivity index (χ2n) is 7.98. The minimum atomic E-state index is -0.258. The molecule has 0 fully saturated rings. The zero-order chi connectivity index (χ0) is 22.3. The van der Waals surface area contributed by atoms with Gasteiger partial charge >= 0.3 is 0 Å². The highest BCUT2D eigenvalue weighted by molar-refractivity contribution is 5.84. The molecule has 2 aromatic heterocycles. The monoisotopic (exact) mass is 426 g/mol. The molecule has 32 heavy (non-hydrogen) atoms. The largest absolute Gasteiger partial charge is 0.352 e. The lowest BCUT2D eigenvalue weighted by Crippen LogP contribution is -2.38. The molecular weight excluding hydrogens is 400 g/mol. The number of carbonyl (C=O) groups excluding carboxylic acids is 1. The van der Waals surface area contributed by atoms with Gasteiger partial charge in [-0.25, -0.2) is 4.68 Å². The third-order valence-electron chi connectivity index (χ3n) is 5.47. The van der Waals surface area contributed by atoms with Gasteiger partial charge in [-0.3, -0.25) is 14.6 Å².